The van der Waals surface area contributed by atoms with Gasteiger partial charge < -0.3 is 9.73 Å². The zero-order chi connectivity index (χ0) is 12.5. The molecular formula is C8H11ClN2O4S. The molecule has 0 saturated heterocycles. The van der Waals surface area contributed by atoms with Crippen LogP contribution < -0.4 is 10.5 Å². The largest absolute Gasteiger partial charge is 0.431 e. The minimum absolute atomic E-state index is 0.0561. The molecule has 8 heteroatoms. The molecule has 0 fully saturated rings. The molecule has 6 nitrogen and oxygen atoms in total. The van der Waals surface area contributed by atoms with E-state index in [2.05, 4.69) is 9.73 Å². The fourth-order valence-corrected chi connectivity index (χ4v) is 1.73. The minimum Gasteiger partial charge on any atom is -0.431 e. The summed E-state index contributed by atoms with van der Waals surface area (Å²) in [7, 11) is -4.00. The highest BCUT2D eigenvalue weighted by Gasteiger charge is 2.22. The van der Waals surface area contributed by atoms with Gasteiger partial charge in [0, 0.05) is 12.1 Å². The maximum absolute atomic E-state index is 11.5. The molecule has 0 unspecified atom stereocenters. The van der Waals surface area contributed by atoms with Crippen LogP contribution in [-0.4, -0.2) is 20.4 Å². The van der Waals surface area contributed by atoms with Crippen molar-refractivity contribution >= 4 is 27.5 Å². The van der Waals surface area contributed by atoms with E-state index in [9.17, 15) is 13.2 Å². The SMILES string of the molecule is CC(C)NC(=O)c1cc(S(N)(=O)=O)oc1Cl. The molecule has 1 aromatic rings. The molecular weight excluding hydrogens is 256 g/mol. The van der Waals surface area contributed by atoms with E-state index in [1.165, 1.54) is 0 Å². The second-order valence-electron chi connectivity index (χ2n) is 3.43. The Morgan fingerprint density at radius 1 is 1.56 bits per heavy atom. The van der Waals surface area contributed by atoms with Gasteiger partial charge in [-0.15, -0.1) is 0 Å². The third-order valence-corrected chi connectivity index (χ3v) is 2.65. The van der Waals surface area contributed by atoms with Gasteiger partial charge in [-0.3, -0.25) is 4.79 Å². The molecule has 90 valence electrons. The molecule has 1 aromatic heterocycles. The van der Waals surface area contributed by atoms with E-state index >= 15 is 0 Å². The van der Waals surface area contributed by atoms with E-state index in [1.807, 2.05) is 0 Å². The molecule has 1 amide bonds. The normalized spacial score (nSPS) is 11.8. The van der Waals surface area contributed by atoms with Crippen molar-refractivity contribution in [1.29, 1.82) is 0 Å². The van der Waals surface area contributed by atoms with Crippen molar-refractivity contribution in [1.82, 2.24) is 5.32 Å². The van der Waals surface area contributed by atoms with Crippen molar-refractivity contribution in [3.63, 3.8) is 0 Å². The average Bonchev–Trinajstić information content (AvgIpc) is 2.44. The van der Waals surface area contributed by atoms with E-state index in [0.29, 0.717) is 0 Å². The maximum atomic E-state index is 11.5. The quantitative estimate of drug-likeness (QED) is 0.841. The van der Waals surface area contributed by atoms with E-state index in [1.54, 1.807) is 13.8 Å². The zero-order valence-corrected chi connectivity index (χ0v) is 10.2. The Hall–Kier alpha value is -1.05. The Morgan fingerprint density at radius 2 is 2.12 bits per heavy atom. The predicted octanol–water partition coefficient (Wildman–Crippen LogP) is 0.719. The number of hydrogen-bond acceptors (Lipinski definition) is 4. The lowest BCUT2D eigenvalue weighted by Crippen LogP contribution is -2.29. The number of carbonyl (C=O) groups is 1. The number of primary sulfonamides is 1. The molecule has 0 spiro atoms. The van der Waals surface area contributed by atoms with Crippen LogP contribution in [0.3, 0.4) is 0 Å². The van der Waals surface area contributed by atoms with E-state index < -0.39 is 21.0 Å². The topological polar surface area (TPSA) is 102 Å². The molecule has 0 aliphatic rings. The second kappa shape index (κ2) is 4.44. The Balaban J connectivity index is 3.08. The number of hydrogen-bond donors (Lipinski definition) is 2. The summed E-state index contributed by atoms with van der Waals surface area (Å²) in [4.78, 5) is 11.5. The van der Waals surface area contributed by atoms with Crippen LogP contribution in [0.25, 0.3) is 0 Å². The summed E-state index contributed by atoms with van der Waals surface area (Å²) in [5, 5.41) is 6.53. The number of nitrogens with two attached hydrogens (primary N) is 1. The van der Waals surface area contributed by atoms with Crippen molar-refractivity contribution in [2.24, 2.45) is 5.14 Å². The van der Waals surface area contributed by atoms with Crippen molar-refractivity contribution in [3.8, 4) is 0 Å². The van der Waals surface area contributed by atoms with Gasteiger partial charge in [0.05, 0.1) is 5.56 Å². The molecule has 0 bridgehead atoms. The molecule has 3 N–H and O–H groups in total. The molecule has 0 radical (unpaired) electrons. The van der Waals surface area contributed by atoms with Crippen molar-refractivity contribution in [2.75, 3.05) is 0 Å². The maximum Gasteiger partial charge on any atom is 0.271 e. The predicted molar refractivity (Wildman–Crippen MR) is 57.7 cm³/mol. The first-order valence-corrected chi connectivity index (χ1v) is 6.27. The van der Waals surface area contributed by atoms with Gasteiger partial charge in [0.1, 0.15) is 0 Å². The first kappa shape index (κ1) is 13.0. The van der Waals surface area contributed by atoms with Crippen LogP contribution >= 0.6 is 11.6 Å². The molecule has 16 heavy (non-hydrogen) atoms. The number of halogens is 1. The number of amides is 1. The fourth-order valence-electron chi connectivity index (χ4n) is 0.982. The second-order valence-corrected chi connectivity index (χ2v) is 5.26. The van der Waals surface area contributed by atoms with E-state index in [0.717, 1.165) is 6.07 Å². The minimum atomic E-state index is -4.00. The van der Waals surface area contributed by atoms with Gasteiger partial charge in [-0.2, -0.15) is 0 Å². The first-order valence-electron chi connectivity index (χ1n) is 4.35. The van der Waals surface area contributed by atoms with Crippen LogP contribution in [-0.2, 0) is 10.0 Å². The molecule has 0 atom stereocenters. The Morgan fingerprint density at radius 3 is 2.50 bits per heavy atom. The monoisotopic (exact) mass is 266 g/mol. The first-order chi connectivity index (χ1) is 7.21. The van der Waals surface area contributed by atoms with E-state index in [-0.39, 0.29) is 16.8 Å². The van der Waals surface area contributed by atoms with Crippen LogP contribution in [0.5, 0.6) is 0 Å². The lowest BCUT2D eigenvalue weighted by molar-refractivity contribution is 0.0942. The van der Waals surface area contributed by atoms with Crippen LogP contribution in [0.2, 0.25) is 5.22 Å². The van der Waals surface area contributed by atoms with Crippen LogP contribution in [0, 0.1) is 0 Å². The standard InChI is InChI=1S/C8H11ClN2O4S/c1-4(2)11-8(12)5-3-6(15-7(5)9)16(10,13)14/h3-4H,1-2H3,(H,11,12)(H2,10,13,14). The van der Waals surface area contributed by atoms with Gasteiger partial charge in [0.25, 0.3) is 15.9 Å². The number of rotatable bonds is 3. The highest BCUT2D eigenvalue weighted by molar-refractivity contribution is 7.89. The lowest BCUT2D eigenvalue weighted by atomic mass is 10.3. The van der Waals surface area contributed by atoms with E-state index in [4.69, 9.17) is 16.7 Å². The van der Waals surface area contributed by atoms with Gasteiger partial charge in [-0.1, -0.05) is 0 Å². The molecule has 0 saturated carbocycles. The van der Waals surface area contributed by atoms with Gasteiger partial charge in [-0.05, 0) is 25.4 Å². The van der Waals surface area contributed by atoms with Gasteiger partial charge in [0.2, 0.25) is 10.3 Å². The summed E-state index contributed by atoms with van der Waals surface area (Å²) >= 11 is 5.58. The Labute approximate surface area is 97.8 Å². The highest BCUT2D eigenvalue weighted by Crippen LogP contribution is 2.23. The van der Waals surface area contributed by atoms with Crippen LogP contribution in [0.4, 0.5) is 0 Å². The number of furan rings is 1. The molecule has 0 aromatic carbocycles. The number of sulfonamides is 1. The van der Waals surface area contributed by atoms with Crippen molar-refractivity contribution in [3.05, 3.63) is 16.8 Å². The third kappa shape index (κ3) is 2.97. The number of nitrogens with one attached hydrogen (secondary N) is 1. The summed E-state index contributed by atoms with van der Waals surface area (Å²) in [6.07, 6.45) is 0. The summed E-state index contributed by atoms with van der Waals surface area (Å²) in [6.45, 7) is 3.51. The molecule has 1 heterocycles. The summed E-state index contributed by atoms with van der Waals surface area (Å²) in [6, 6.07) is 0.895. The van der Waals surface area contributed by atoms with Gasteiger partial charge >= 0.3 is 0 Å². The van der Waals surface area contributed by atoms with Crippen molar-refractivity contribution in [2.45, 2.75) is 25.0 Å². The van der Waals surface area contributed by atoms with Gasteiger partial charge in [0.15, 0.2) is 0 Å². The Kier molecular flexibility index (Phi) is 3.61. The van der Waals surface area contributed by atoms with Crippen LogP contribution in [0.15, 0.2) is 15.6 Å². The summed E-state index contributed by atoms with van der Waals surface area (Å²) < 4.78 is 26.5. The summed E-state index contributed by atoms with van der Waals surface area (Å²) in [5.41, 5.74) is -0.0561. The lowest BCUT2D eigenvalue weighted by Gasteiger charge is -2.05. The fraction of sp³-hybridized carbons (Fsp3) is 0.375. The summed E-state index contributed by atoms with van der Waals surface area (Å²) in [5.74, 6) is -0.515. The number of carbonyl (C=O) groups excluding carboxylic acids is 1. The third-order valence-electron chi connectivity index (χ3n) is 1.61. The van der Waals surface area contributed by atoms with Crippen LogP contribution in [0.1, 0.15) is 24.2 Å². The van der Waals surface area contributed by atoms with Gasteiger partial charge in [-0.25, -0.2) is 13.6 Å². The molecule has 0 aliphatic heterocycles. The zero-order valence-electron chi connectivity index (χ0n) is 8.65. The van der Waals surface area contributed by atoms with Crippen molar-refractivity contribution < 1.29 is 17.6 Å². The Bertz CT molecular complexity index is 506. The molecule has 0 aliphatic carbocycles. The average molecular weight is 267 g/mol. The smallest absolute Gasteiger partial charge is 0.271 e. The molecule has 1 rings (SSSR count). The highest BCUT2D eigenvalue weighted by atomic mass is 35.5.